The van der Waals surface area contributed by atoms with Crippen LogP contribution in [0, 0.1) is 0 Å². The van der Waals surface area contributed by atoms with Crippen molar-refractivity contribution in [3.05, 3.63) is 35.4 Å². The molecule has 7 heteroatoms. The number of rotatable bonds is 3. The molecule has 0 spiro atoms. The molecule has 0 amide bonds. The maximum Gasteiger partial charge on any atom is 0.340 e. The van der Waals surface area contributed by atoms with Crippen molar-refractivity contribution in [2.45, 2.75) is 11.4 Å². The van der Waals surface area contributed by atoms with Crippen LogP contribution in [0.5, 0.6) is 0 Å². The lowest BCUT2D eigenvalue weighted by atomic mass is 10.1. The third kappa shape index (κ3) is 1.82. The highest BCUT2D eigenvalue weighted by Crippen LogP contribution is 2.30. The Balaban J connectivity index is 1.85. The van der Waals surface area contributed by atoms with E-state index in [9.17, 15) is 4.79 Å². The van der Waals surface area contributed by atoms with Gasteiger partial charge in [-0.25, -0.2) is 9.89 Å². The fraction of sp³-hybridized carbons (Fsp3) is 0.182. The first kappa shape index (κ1) is 11.1. The number of anilines is 1. The molecule has 1 aliphatic heterocycles. The second-order valence-electron chi connectivity index (χ2n) is 3.69. The van der Waals surface area contributed by atoms with E-state index in [0.717, 1.165) is 5.56 Å². The molecule has 92 valence electrons. The van der Waals surface area contributed by atoms with E-state index in [4.69, 9.17) is 4.74 Å². The van der Waals surface area contributed by atoms with E-state index in [-0.39, 0.29) is 5.97 Å². The Morgan fingerprint density at radius 3 is 3.06 bits per heavy atom. The molecule has 2 N–H and O–H groups in total. The second kappa shape index (κ2) is 4.34. The Morgan fingerprint density at radius 2 is 2.28 bits per heavy atom. The quantitative estimate of drug-likeness (QED) is 0.648. The highest BCUT2D eigenvalue weighted by atomic mass is 32.2. The summed E-state index contributed by atoms with van der Waals surface area (Å²) in [5.41, 5.74) is 1.39. The number of fused-ring (bicyclic) bond motifs is 1. The van der Waals surface area contributed by atoms with E-state index in [1.807, 2.05) is 24.5 Å². The van der Waals surface area contributed by atoms with Gasteiger partial charge in [-0.3, -0.25) is 0 Å². The second-order valence-corrected chi connectivity index (χ2v) is 4.46. The van der Waals surface area contributed by atoms with Crippen LogP contribution in [0.25, 0.3) is 0 Å². The summed E-state index contributed by atoms with van der Waals surface area (Å²) in [5, 5.41) is 10.4. The van der Waals surface area contributed by atoms with E-state index in [1.165, 1.54) is 11.8 Å². The van der Waals surface area contributed by atoms with Crippen LogP contribution in [-0.2, 0) is 4.74 Å². The number of thioether (sulfide) groups is 1. The van der Waals surface area contributed by atoms with Crippen molar-refractivity contribution in [2.75, 3.05) is 11.6 Å². The van der Waals surface area contributed by atoms with Crippen LogP contribution in [0.2, 0.25) is 0 Å². The molecule has 0 fully saturated rings. The number of aromatic amines is 1. The number of carbonyl (C=O) groups excluding carboxylic acids is 1. The lowest BCUT2D eigenvalue weighted by molar-refractivity contribution is 0.0436. The maximum absolute atomic E-state index is 11.6. The molecule has 0 saturated carbocycles. The highest BCUT2D eigenvalue weighted by molar-refractivity contribution is 7.98. The Bertz CT molecular complexity index is 598. The van der Waals surface area contributed by atoms with Crippen LogP contribution in [0.3, 0.4) is 0 Å². The third-order valence-electron chi connectivity index (χ3n) is 2.60. The van der Waals surface area contributed by atoms with Gasteiger partial charge in [-0.05, 0) is 12.3 Å². The lowest BCUT2D eigenvalue weighted by Gasteiger charge is -2.10. The van der Waals surface area contributed by atoms with Gasteiger partial charge in [0.05, 0.1) is 5.56 Å². The molecule has 6 nitrogen and oxygen atoms in total. The van der Waals surface area contributed by atoms with Crippen LogP contribution in [0.4, 0.5) is 5.95 Å². The molecule has 2 heterocycles. The molecule has 3 rings (SSSR count). The van der Waals surface area contributed by atoms with Crippen LogP contribution in [0.15, 0.2) is 29.4 Å². The van der Waals surface area contributed by atoms with E-state index in [2.05, 4.69) is 20.5 Å². The molecule has 1 aromatic carbocycles. The molecule has 1 aromatic heterocycles. The van der Waals surface area contributed by atoms with Crippen molar-refractivity contribution in [1.29, 1.82) is 0 Å². The van der Waals surface area contributed by atoms with E-state index < -0.39 is 6.23 Å². The highest BCUT2D eigenvalue weighted by Gasteiger charge is 2.30. The van der Waals surface area contributed by atoms with Gasteiger partial charge in [-0.15, -0.1) is 5.10 Å². The summed E-state index contributed by atoms with van der Waals surface area (Å²) >= 11 is 1.43. The van der Waals surface area contributed by atoms with Gasteiger partial charge in [-0.2, -0.15) is 4.98 Å². The summed E-state index contributed by atoms with van der Waals surface area (Å²) in [6.45, 7) is 0. The minimum atomic E-state index is -0.517. The molecule has 0 radical (unpaired) electrons. The Hall–Kier alpha value is -2.02. The summed E-state index contributed by atoms with van der Waals surface area (Å²) in [4.78, 5) is 15.8. The number of carbonyl (C=O) groups is 1. The standard InChI is InChI=1S/C11H10N4O2S/c1-18-11-13-10(14-15-11)12-8-6-4-2-3-5-7(6)9(16)17-8/h2-5,8H,1H3,(H2,12,13,14,15). The van der Waals surface area contributed by atoms with Crippen molar-refractivity contribution < 1.29 is 9.53 Å². The Morgan fingerprint density at radius 1 is 1.44 bits per heavy atom. The molecule has 1 atom stereocenters. The third-order valence-corrected chi connectivity index (χ3v) is 3.15. The van der Waals surface area contributed by atoms with Crippen LogP contribution >= 0.6 is 11.8 Å². The van der Waals surface area contributed by atoms with Gasteiger partial charge in [0, 0.05) is 5.56 Å². The summed E-state index contributed by atoms with van der Waals surface area (Å²) in [5.74, 6) is 0.154. The number of esters is 1. The largest absolute Gasteiger partial charge is 0.434 e. The van der Waals surface area contributed by atoms with Crippen LogP contribution < -0.4 is 5.32 Å². The number of H-pyrrole nitrogens is 1. The normalized spacial score (nSPS) is 17.4. The molecule has 0 saturated heterocycles. The monoisotopic (exact) mass is 262 g/mol. The smallest absolute Gasteiger partial charge is 0.340 e. The minimum Gasteiger partial charge on any atom is -0.434 e. The fourth-order valence-electron chi connectivity index (χ4n) is 1.78. The first-order valence-corrected chi connectivity index (χ1v) is 6.53. The SMILES string of the molecule is CSc1n[nH]c(NC2OC(=O)c3ccccc32)n1. The number of ether oxygens (including phenoxy) is 1. The van der Waals surface area contributed by atoms with Gasteiger partial charge in [0.1, 0.15) is 0 Å². The van der Waals surface area contributed by atoms with Crippen molar-refractivity contribution in [1.82, 2.24) is 15.2 Å². The Kier molecular flexibility index (Phi) is 2.67. The van der Waals surface area contributed by atoms with E-state index >= 15 is 0 Å². The maximum atomic E-state index is 11.6. The summed E-state index contributed by atoms with van der Waals surface area (Å²) < 4.78 is 5.23. The predicted octanol–water partition coefficient (Wildman–Crippen LogP) is 1.81. The number of nitrogens with one attached hydrogen (secondary N) is 2. The van der Waals surface area contributed by atoms with E-state index in [1.54, 1.807) is 6.07 Å². The molecule has 2 aromatic rings. The number of nitrogens with zero attached hydrogens (tertiary/aromatic N) is 2. The zero-order valence-corrected chi connectivity index (χ0v) is 10.3. The lowest BCUT2D eigenvalue weighted by Crippen LogP contribution is -2.11. The van der Waals surface area contributed by atoms with Gasteiger partial charge < -0.3 is 10.1 Å². The van der Waals surface area contributed by atoms with Crippen LogP contribution in [0.1, 0.15) is 22.1 Å². The minimum absolute atomic E-state index is 0.326. The fourth-order valence-corrected chi connectivity index (χ4v) is 2.10. The first-order valence-electron chi connectivity index (χ1n) is 5.31. The summed E-state index contributed by atoms with van der Waals surface area (Å²) in [6, 6.07) is 7.27. The van der Waals surface area contributed by atoms with Gasteiger partial charge >= 0.3 is 5.97 Å². The molecule has 0 bridgehead atoms. The number of hydrogen-bond donors (Lipinski definition) is 2. The summed E-state index contributed by atoms with van der Waals surface area (Å²) in [6.07, 6.45) is 1.37. The molecule has 1 aliphatic rings. The molecular weight excluding hydrogens is 252 g/mol. The molecule has 0 aliphatic carbocycles. The summed E-state index contributed by atoms with van der Waals surface area (Å²) in [7, 11) is 0. The zero-order chi connectivity index (χ0) is 12.5. The average molecular weight is 262 g/mol. The van der Waals surface area contributed by atoms with Crippen molar-refractivity contribution >= 4 is 23.7 Å². The predicted molar refractivity (Wildman–Crippen MR) is 66.4 cm³/mol. The van der Waals surface area contributed by atoms with Crippen molar-refractivity contribution in [3.8, 4) is 0 Å². The zero-order valence-electron chi connectivity index (χ0n) is 9.51. The van der Waals surface area contributed by atoms with Gasteiger partial charge in [0.15, 0.2) is 0 Å². The van der Waals surface area contributed by atoms with Gasteiger partial charge in [0.2, 0.25) is 17.3 Å². The Labute approximate surface area is 107 Å². The van der Waals surface area contributed by atoms with Crippen LogP contribution in [-0.4, -0.2) is 27.4 Å². The molecule has 18 heavy (non-hydrogen) atoms. The van der Waals surface area contributed by atoms with Gasteiger partial charge in [0.25, 0.3) is 0 Å². The average Bonchev–Trinajstić information content (AvgIpc) is 2.97. The topological polar surface area (TPSA) is 79.9 Å². The van der Waals surface area contributed by atoms with E-state index in [0.29, 0.717) is 16.7 Å². The number of benzene rings is 1. The first-order chi connectivity index (χ1) is 8.78. The number of cyclic esters (lactones) is 1. The number of aromatic nitrogens is 3. The van der Waals surface area contributed by atoms with Gasteiger partial charge in [-0.1, -0.05) is 30.0 Å². The van der Waals surface area contributed by atoms with Crippen molar-refractivity contribution in [3.63, 3.8) is 0 Å². The number of hydrogen-bond acceptors (Lipinski definition) is 6. The molecule has 1 unspecified atom stereocenters. The van der Waals surface area contributed by atoms with Crippen molar-refractivity contribution in [2.24, 2.45) is 0 Å². The molecular formula is C11H10N4O2S.